The molecule has 0 aromatic carbocycles. The lowest BCUT2D eigenvalue weighted by atomic mass is 9.80. The fourth-order valence-electron chi connectivity index (χ4n) is 2.62. The standard InChI is InChI=1S/C14H26N2O3/c1-13(2,15)9-11(17)16-10-14(12(18)19)7-5-3-4-6-8-14/h3-10,15H2,1-2H3,(H,16,17)(H,18,19). The summed E-state index contributed by atoms with van der Waals surface area (Å²) in [6.07, 6.45) is 5.51. The van der Waals surface area contributed by atoms with Gasteiger partial charge in [-0.25, -0.2) is 0 Å². The van der Waals surface area contributed by atoms with Crippen molar-refractivity contribution in [1.29, 1.82) is 0 Å². The highest BCUT2D eigenvalue weighted by atomic mass is 16.4. The highest BCUT2D eigenvalue weighted by molar-refractivity contribution is 5.79. The molecule has 19 heavy (non-hydrogen) atoms. The largest absolute Gasteiger partial charge is 0.481 e. The number of carboxylic acids is 1. The number of rotatable bonds is 5. The van der Waals surface area contributed by atoms with Crippen LogP contribution in [0.2, 0.25) is 0 Å². The molecule has 5 nitrogen and oxygen atoms in total. The van der Waals surface area contributed by atoms with Crippen LogP contribution < -0.4 is 11.1 Å². The van der Waals surface area contributed by atoms with E-state index in [0.29, 0.717) is 12.8 Å². The number of carbonyl (C=O) groups is 2. The molecule has 1 fully saturated rings. The maximum absolute atomic E-state index is 11.8. The SMILES string of the molecule is CC(C)(N)CC(=O)NCC1(C(=O)O)CCCCCC1. The molecule has 0 bridgehead atoms. The summed E-state index contributed by atoms with van der Waals surface area (Å²) in [6, 6.07) is 0. The van der Waals surface area contributed by atoms with Gasteiger partial charge in [0.15, 0.2) is 0 Å². The minimum atomic E-state index is -0.790. The lowest BCUT2D eigenvalue weighted by Gasteiger charge is -2.29. The lowest BCUT2D eigenvalue weighted by molar-refractivity contribution is -0.149. The van der Waals surface area contributed by atoms with E-state index in [0.717, 1.165) is 25.7 Å². The van der Waals surface area contributed by atoms with E-state index < -0.39 is 16.9 Å². The molecule has 0 radical (unpaired) electrons. The molecule has 0 unspecified atom stereocenters. The summed E-state index contributed by atoms with van der Waals surface area (Å²) in [4.78, 5) is 23.3. The van der Waals surface area contributed by atoms with Crippen LogP contribution in [0.3, 0.4) is 0 Å². The van der Waals surface area contributed by atoms with Crippen LogP contribution in [0, 0.1) is 5.41 Å². The van der Waals surface area contributed by atoms with Crippen LogP contribution >= 0.6 is 0 Å². The van der Waals surface area contributed by atoms with Gasteiger partial charge in [-0.1, -0.05) is 25.7 Å². The van der Waals surface area contributed by atoms with Gasteiger partial charge < -0.3 is 16.2 Å². The van der Waals surface area contributed by atoms with Crippen molar-refractivity contribution in [2.24, 2.45) is 11.1 Å². The second-order valence-corrected chi connectivity index (χ2v) is 6.44. The van der Waals surface area contributed by atoms with E-state index >= 15 is 0 Å². The van der Waals surface area contributed by atoms with Gasteiger partial charge in [-0.2, -0.15) is 0 Å². The summed E-state index contributed by atoms with van der Waals surface area (Å²) in [6.45, 7) is 3.79. The molecule has 1 aliphatic carbocycles. The molecule has 1 amide bonds. The fourth-order valence-corrected chi connectivity index (χ4v) is 2.62. The van der Waals surface area contributed by atoms with Gasteiger partial charge >= 0.3 is 5.97 Å². The van der Waals surface area contributed by atoms with Crippen LogP contribution in [0.25, 0.3) is 0 Å². The van der Waals surface area contributed by atoms with E-state index in [1.165, 1.54) is 0 Å². The molecule has 0 spiro atoms. The Morgan fingerprint density at radius 1 is 1.21 bits per heavy atom. The van der Waals surface area contributed by atoms with Crippen LogP contribution in [0.5, 0.6) is 0 Å². The summed E-state index contributed by atoms with van der Waals surface area (Å²) >= 11 is 0. The van der Waals surface area contributed by atoms with Gasteiger partial charge in [0, 0.05) is 18.5 Å². The quantitative estimate of drug-likeness (QED) is 0.662. The zero-order valence-electron chi connectivity index (χ0n) is 12.0. The molecule has 4 N–H and O–H groups in total. The first-order valence-corrected chi connectivity index (χ1v) is 7.04. The maximum Gasteiger partial charge on any atom is 0.311 e. The highest BCUT2D eigenvalue weighted by Crippen LogP contribution is 2.34. The normalized spacial score (nSPS) is 19.5. The molecule has 0 saturated heterocycles. The highest BCUT2D eigenvalue weighted by Gasteiger charge is 2.39. The topological polar surface area (TPSA) is 92.4 Å². The monoisotopic (exact) mass is 270 g/mol. The first-order chi connectivity index (χ1) is 8.75. The van der Waals surface area contributed by atoms with Crippen molar-refractivity contribution >= 4 is 11.9 Å². The minimum absolute atomic E-state index is 0.169. The summed E-state index contributed by atoms with van der Waals surface area (Å²) in [5.41, 5.74) is 4.43. The van der Waals surface area contributed by atoms with Crippen LogP contribution in [0.15, 0.2) is 0 Å². The third kappa shape index (κ3) is 5.19. The summed E-state index contributed by atoms with van der Waals surface area (Å²) in [5.74, 6) is -0.959. The number of hydrogen-bond acceptors (Lipinski definition) is 3. The van der Waals surface area contributed by atoms with Crippen LogP contribution in [0.4, 0.5) is 0 Å². The molecule has 1 saturated carbocycles. The summed E-state index contributed by atoms with van der Waals surface area (Å²) < 4.78 is 0. The molecule has 5 heteroatoms. The van der Waals surface area contributed by atoms with Gasteiger partial charge in [0.1, 0.15) is 0 Å². The Morgan fingerprint density at radius 3 is 2.16 bits per heavy atom. The molecular weight excluding hydrogens is 244 g/mol. The van der Waals surface area contributed by atoms with Gasteiger partial charge in [-0.3, -0.25) is 9.59 Å². The average molecular weight is 270 g/mol. The second kappa shape index (κ2) is 6.37. The fraction of sp³-hybridized carbons (Fsp3) is 0.857. The Kier molecular flexibility index (Phi) is 5.35. The average Bonchev–Trinajstić information content (AvgIpc) is 2.50. The summed E-state index contributed by atoms with van der Waals surface area (Å²) in [5, 5.41) is 12.2. The Hall–Kier alpha value is -1.10. The number of nitrogens with one attached hydrogen (secondary N) is 1. The van der Waals surface area contributed by atoms with E-state index in [1.807, 2.05) is 0 Å². The van der Waals surface area contributed by atoms with Crippen LogP contribution in [-0.2, 0) is 9.59 Å². The molecule has 0 aromatic rings. The number of hydrogen-bond donors (Lipinski definition) is 3. The maximum atomic E-state index is 11.8. The lowest BCUT2D eigenvalue weighted by Crippen LogP contribution is -2.45. The van der Waals surface area contributed by atoms with E-state index in [-0.39, 0.29) is 18.9 Å². The minimum Gasteiger partial charge on any atom is -0.481 e. The van der Waals surface area contributed by atoms with Crippen molar-refractivity contribution < 1.29 is 14.7 Å². The van der Waals surface area contributed by atoms with Crippen molar-refractivity contribution in [3.8, 4) is 0 Å². The second-order valence-electron chi connectivity index (χ2n) is 6.44. The van der Waals surface area contributed by atoms with E-state index in [2.05, 4.69) is 5.32 Å². The number of carboxylic acid groups (broad SMARTS) is 1. The molecular formula is C14H26N2O3. The van der Waals surface area contributed by atoms with E-state index in [9.17, 15) is 14.7 Å². The van der Waals surface area contributed by atoms with Crippen molar-refractivity contribution in [2.45, 2.75) is 64.3 Å². The van der Waals surface area contributed by atoms with E-state index in [4.69, 9.17) is 5.73 Å². The van der Waals surface area contributed by atoms with Crippen molar-refractivity contribution in [1.82, 2.24) is 5.32 Å². The van der Waals surface area contributed by atoms with Crippen molar-refractivity contribution in [3.05, 3.63) is 0 Å². The molecule has 1 aliphatic rings. The van der Waals surface area contributed by atoms with E-state index in [1.54, 1.807) is 13.8 Å². The predicted octanol–water partition coefficient (Wildman–Crippen LogP) is 1.66. The van der Waals surface area contributed by atoms with Crippen LogP contribution in [-0.4, -0.2) is 29.1 Å². The number of aliphatic carboxylic acids is 1. The van der Waals surface area contributed by atoms with Gasteiger partial charge in [0.2, 0.25) is 5.91 Å². The molecule has 0 atom stereocenters. The van der Waals surface area contributed by atoms with Gasteiger partial charge in [-0.05, 0) is 26.7 Å². The Morgan fingerprint density at radius 2 is 1.74 bits per heavy atom. The van der Waals surface area contributed by atoms with Crippen LogP contribution in [0.1, 0.15) is 58.8 Å². The number of nitrogens with two attached hydrogens (primary N) is 1. The molecule has 110 valence electrons. The smallest absolute Gasteiger partial charge is 0.311 e. The predicted molar refractivity (Wildman–Crippen MR) is 73.7 cm³/mol. The zero-order chi connectivity index (χ0) is 14.5. The van der Waals surface area contributed by atoms with Gasteiger partial charge in [0.05, 0.1) is 5.41 Å². The van der Waals surface area contributed by atoms with Crippen molar-refractivity contribution in [2.75, 3.05) is 6.54 Å². The zero-order valence-corrected chi connectivity index (χ0v) is 12.0. The Bertz CT molecular complexity index is 326. The van der Waals surface area contributed by atoms with Gasteiger partial charge in [0.25, 0.3) is 0 Å². The first kappa shape index (κ1) is 16.0. The molecule has 0 aliphatic heterocycles. The number of amides is 1. The Labute approximate surface area is 114 Å². The molecule has 1 rings (SSSR count). The third-order valence-corrected chi connectivity index (χ3v) is 3.75. The molecule has 0 aromatic heterocycles. The summed E-state index contributed by atoms with van der Waals surface area (Å²) in [7, 11) is 0. The van der Waals surface area contributed by atoms with Gasteiger partial charge in [-0.15, -0.1) is 0 Å². The first-order valence-electron chi connectivity index (χ1n) is 7.04. The molecule has 0 heterocycles. The number of carbonyl (C=O) groups excluding carboxylic acids is 1. The third-order valence-electron chi connectivity index (χ3n) is 3.75. The van der Waals surface area contributed by atoms with Crippen molar-refractivity contribution in [3.63, 3.8) is 0 Å². The Balaban J connectivity index is 2.59.